The van der Waals surface area contributed by atoms with Gasteiger partial charge in [-0.3, -0.25) is 4.79 Å². The Morgan fingerprint density at radius 2 is 1.58 bits per heavy atom. The summed E-state index contributed by atoms with van der Waals surface area (Å²) in [5, 5.41) is 23.4. The van der Waals surface area contributed by atoms with Gasteiger partial charge in [0.05, 0.1) is 23.2 Å². The molecule has 52 heavy (non-hydrogen) atoms. The van der Waals surface area contributed by atoms with Gasteiger partial charge in [-0.05, 0) is 134 Å². The minimum atomic E-state index is -0.930. The molecule has 698 valence electrons. The molecule has 1 aromatic heterocycles. The molecule has 0 spiro atoms. The van der Waals surface area contributed by atoms with Crippen molar-refractivity contribution in [1.82, 2.24) is 4.98 Å². The fraction of sp³-hybridized carbons (Fsp3) is 0.478. The fourth-order valence-corrected chi connectivity index (χ4v) is 11.4. The summed E-state index contributed by atoms with van der Waals surface area (Å²) in [5.41, 5.74) is 9.42. The molecule has 0 bridgehead atoms. The number of nitrogens with zero attached hydrogens (tertiary/aromatic N) is 1. The van der Waals surface area contributed by atoms with Crippen LogP contribution in [0.1, 0.15) is 430 Å². The van der Waals surface area contributed by atoms with Crippen molar-refractivity contribution in [3.8, 4) is 0 Å². The minimum absolute atomic E-state index is 0. The van der Waals surface area contributed by atoms with Crippen LogP contribution in [0.3, 0.4) is 0 Å². The van der Waals surface area contributed by atoms with Gasteiger partial charge in [0.25, 0.3) is 0 Å². The molecule has 2 N–H and O–H groups in total. The molecule has 3 aromatic carbocycles. The normalized spacial score (nSPS) is 19.0. The van der Waals surface area contributed by atoms with Gasteiger partial charge < -0.3 is 10.2 Å². The molecule has 0 amide bonds. The Bertz CT molecular complexity index is 2220. The van der Waals surface area contributed by atoms with Gasteiger partial charge in [-0.1, -0.05) is 102 Å². The summed E-state index contributed by atoms with van der Waals surface area (Å²) in [5.74, 6) is 0.126. The molecule has 1 heterocycles. The van der Waals surface area contributed by atoms with Crippen LogP contribution in [0.5, 0.6) is 0 Å². The number of halogens is 1. The van der Waals surface area contributed by atoms with E-state index in [-0.39, 0.29) is 333 Å². The molecule has 0 saturated heterocycles. The van der Waals surface area contributed by atoms with Crippen LogP contribution in [0, 0.1) is 43.9 Å². The molecule has 1 saturated carbocycles. The zero-order chi connectivity index (χ0) is 38.6. The monoisotopic (exact) mass is 1160 g/mol. The van der Waals surface area contributed by atoms with Crippen LogP contribution in [0.15, 0.2) is 54.6 Å². The number of aryl methyl sites for hydroxylation is 2. The first-order valence-corrected chi connectivity index (χ1v) is 20.0. The van der Waals surface area contributed by atoms with E-state index in [0.717, 1.165) is 56.0 Å². The first kappa shape index (κ1) is 40.1. The Balaban J connectivity index is -0.000000000732. The fourth-order valence-electron chi connectivity index (χ4n) is 9.07. The molecule has 6 heteroatoms. The number of hydrogen-bond donors (Lipinski definition) is 2. The second-order valence-corrected chi connectivity index (χ2v) is 18.8. The van der Waals surface area contributed by atoms with Gasteiger partial charge in [-0.15, -0.1) is 11.8 Å². The van der Waals surface area contributed by atoms with Gasteiger partial charge in [0.1, 0.15) is 0 Å². The lowest BCUT2D eigenvalue weighted by Crippen LogP contribution is -2.28. The van der Waals surface area contributed by atoms with Gasteiger partial charge in [0.2, 0.25) is 0 Å². The number of carboxylic acids is 1. The average molecular weight is 1160 g/mol. The van der Waals surface area contributed by atoms with Crippen molar-refractivity contribution in [1.29, 1.82) is 0 Å². The number of thioether (sulfide) groups is 1. The van der Waals surface area contributed by atoms with Crippen molar-refractivity contribution in [3.05, 3.63) is 110 Å². The molecule has 2 unspecified atom stereocenters. The molecular formula is C46H478ClNO3S. The Hall–Kier alpha value is -3.12. The van der Waals surface area contributed by atoms with E-state index >= 15 is 0 Å². The Morgan fingerprint density at radius 1 is 0.942 bits per heavy atom. The maximum Gasteiger partial charge on any atom is 0.303 e. The number of rotatable bonds is 13. The third kappa shape index (κ3) is 6.87. The summed E-state index contributed by atoms with van der Waals surface area (Å²) in [6, 6.07) is 19.0. The molecule has 0 aliphatic heterocycles. The lowest BCUT2D eigenvalue weighted by molar-refractivity contribution is -0.138. The van der Waals surface area contributed by atoms with Crippen LogP contribution in [-0.2, 0) is 15.1 Å². The first-order valence-electron chi connectivity index (χ1n) is 18.7. The van der Waals surface area contributed by atoms with Gasteiger partial charge in [0.15, 0.2) is 0 Å². The SMILES string of the molecule is CCC(C)(O)c1ccccc1C(C)C[C@@](C)(SCC1(CC(=O)O)C(C)(C)C1(C)C)c1cccc(/C=C/c2cc(C)c3c(C)c(C)c(Cl)cc3n2)c1C.[HH].[HH].[HH].[HH].[HH].[HH].[HH].[HH].[HH].[HH].[HH].[HH].[HH].[HH].[HH].[HH].[HH].[HH].[HH].[HH].[HH].[HH].[HH].[HH].[HH].[HH].[HH].[HH].[HH].[HH].[HH].[HH].[HH].[HH].[HH].[HH].[HH].[HH].[HH].[HH].[HH].[HH].[HH].[HH].[HH].[HH].[HH].[HH].[HH].[HH].[HH].[HH].[HH].[HH].[HH].[HH].[HH].[HH].[HH].[HH].[HH].[HH].[HH].[HH].[HH].[HH].[HH].[HH].[HH].[HH].[HH].[HH].[HH].[HH].[HH].[HH].[HH].[HH].[HH].[HH].[HH].[HH].[HH].[HH].[HH].[HH].[HH].[HH].[HH].[HH].[HH].[HH].[HH].[HH].[HH].[HH].[HH].[HH].[HH].[HH].[HH].[HH].[HH].[HH].[HH].[HH].[HH].[HH].[HH].[HH].[HH].[HH].[HH].[HH].[HH].[HH].[HH].[HH].[HH].[HH].[HH].[HH].[HH].[HH].[HH].[HH].[HH].[HH].[HH].[HH].[HH].[HH].[HH].[HH].[HH].[HH].[HH].[HH].[HH].[HH].[HH].[HH].[HH].[HH].[HH].[HH].[HH].[HH].[HH].[HH].[HH].[HH].[HH].[HH].[HH].[HH].[HH].[HH].[HH].[HH].[HH].[HH].[HH].[HH].[HH].[HH].[HH].[HH].[HH].[HH].[HH].[HH].[HH].[HH].[HH].[HH].[HH].[HH].[HH].[HH].[HH].[HH].[HH].[HH].[HH].[HH].[HH].[HH].[HH].[HH].[HH].[HH].[HH].[HH].[HH].[HH].[HH].[HH].[HH].[HH].[HH].[HH].[HH].[HH].[HH].[HH].[HH].[HH].[HH].[HH]. The minimum Gasteiger partial charge on any atom is -0.481 e. The molecule has 0 radical (unpaired) electrons. The van der Waals surface area contributed by atoms with Crippen LogP contribution in [0.2, 0.25) is 5.02 Å². The second-order valence-electron chi connectivity index (χ2n) is 17.0. The number of hydrogen-bond acceptors (Lipinski definition) is 4. The first-order chi connectivity index (χ1) is 24.1. The van der Waals surface area contributed by atoms with Crippen LogP contribution >= 0.6 is 23.4 Å². The van der Waals surface area contributed by atoms with Crippen LogP contribution < -0.4 is 0 Å². The molecular weight excluding hydrogens is 682 g/mol. The Kier molecular flexibility index (Phi) is 11.0. The van der Waals surface area contributed by atoms with Gasteiger partial charge in [0, 0.05) is 326 Å². The molecule has 4 nitrogen and oxygen atoms in total. The number of aromatic nitrogens is 1. The van der Waals surface area contributed by atoms with Crippen LogP contribution in [0.4, 0.5) is 0 Å². The lowest BCUT2D eigenvalue weighted by atomic mass is 9.79. The van der Waals surface area contributed by atoms with E-state index < -0.39 is 11.6 Å². The molecule has 1 aliphatic rings. The highest BCUT2D eigenvalue weighted by molar-refractivity contribution is 8.00. The van der Waals surface area contributed by atoms with E-state index in [1.807, 2.05) is 37.7 Å². The Morgan fingerprint density at radius 3 is 2.19 bits per heavy atom. The van der Waals surface area contributed by atoms with Crippen molar-refractivity contribution < 1.29 is 315 Å². The van der Waals surface area contributed by atoms with Crippen molar-refractivity contribution in [3.63, 3.8) is 0 Å². The standard InChI is InChI=1S/C46H58ClNO3S.210H2/c1-13-44(11,51)37-19-15-14-18-35(37)29(3)25-45(12,52-27-46(26-40(49)50)42(7,8)43(46,9)10)36-20-16-17-33(32(36)6)21-22-34-23-28(2)41-31(5)30(4)38(47)24-39(41)48-34;;;;;;;;;;;;;;;;;;;;;;;;;;;;;;;;;;;;;;;;;;;;;;;;;;;;;;;;;;;;;;;;;;;;;;;;;;;;;;;;;;;;;;;;;;;;;;;;;;;;;;;;;;;;;;;;;;;;;;;;;;;;;;;;;;;;;;;;;;;;;;;;;;;;;;;;;;;;;;;;;;;;;;;;;;;;;;;;;;;;;;;;;;;;;;;;;;;;;;;;;;;;;;;;;;/h14-24,29,51H,13,25-27H2,1-12H3,(H,49,50);210*1H/b22-21+;;;;;;;;;;;;;;;;;;;;;;;;;;;;;;;;;;;;;;;;;;;;;;;;;;;;;;;;;;;;;;;;;;;;;;;;;;;;;;;;;;;;;;;;;;;;;;;;;;;;;;;;;;;;;;;;;;;;;;;;;;;;;;;;;;;;;;;;;;;;;;;;;;;;;;;;;;;;;;;;;;;;;;;;;;;;;;;;;;;;;;;;;;;;;;;;;;;;;;;;;;;;;;;;;;/t29?,44?,45-;;;;;;;;;;;;;;;;;;;;;;;;;;;;;;;;;;;;;;;;;;;;;;;;;;;;;;;;;;;;;;;;;;;;;;;;;;;;;;;;;;;;;;;;;;;;;;;;;;;;;;;;;;;;;;;;;;;;;;;;;;;;;;;;;;;;;;;;;;;;;;;;;;;;;;;;;;;;;;;;;;;;;;;;;;;;;;;;;;;;;;;;;;;;;;;;;;;;;;;;;;;;;;;;;;/m1................................................................................................................................................................................................................../s1. The summed E-state index contributed by atoms with van der Waals surface area (Å²) in [7, 11) is 0. The number of carbonyl (C=O) groups is 1. The highest BCUT2D eigenvalue weighted by Crippen LogP contribution is 2.80. The predicted molar refractivity (Wildman–Crippen MR) is 666 cm³/mol. The zero-order valence-corrected chi connectivity index (χ0v) is 34.9. The molecule has 1 aliphatic carbocycles. The van der Waals surface area contributed by atoms with E-state index in [1.54, 1.807) is 0 Å². The van der Waals surface area contributed by atoms with Crippen molar-refractivity contribution in [2.45, 2.75) is 119 Å². The third-order valence-corrected chi connectivity index (χ3v) is 15.7. The number of aliphatic hydroxyl groups is 1. The van der Waals surface area contributed by atoms with Crippen LogP contribution in [0.25, 0.3) is 23.1 Å². The highest BCUT2D eigenvalue weighted by atomic mass is 35.5. The van der Waals surface area contributed by atoms with E-state index in [9.17, 15) is 15.0 Å². The summed E-state index contributed by atoms with van der Waals surface area (Å²) < 4.78 is -0.358. The maximum absolute atomic E-state index is 12.3. The number of pyridine rings is 1. The van der Waals surface area contributed by atoms with Crippen molar-refractivity contribution >= 4 is 52.4 Å². The summed E-state index contributed by atoms with van der Waals surface area (Å²) in [4.78, 5) is 17.3. The van der Waals surface area contributed by atoms with Crippen molar-refractivity contribution in [2.24, 2.45) is 16.2 Å². The summed E-state index contributed by atoms with van der Waals surface area (Å²) in [6.07, 6.45) is 5.84. The van der Waals surface area contributed by atoms with E-state index in [0.29, 0.717) is 6.42 Å². The smallest absolute Gasteiger partial charge is 0.303 e. The van der Waals surface area contributed by atoms with E-state index in [2.05, 4.69) is 124 Å². The largest absolute Gasteiger partial charge is 0.481 e. The molecule has 3 atom stereocenters. The highest BCUT2D eigenvalue weighted by Gasteiger charge is 2.76. The number of fused-ring (bicyclic) bond motifs is 1. The third-order valence-electron chi connectivity index (χ3n) is 13.6. The molecule has 1 fully saturated rings. The molecule has 4 aromatic rings. The molecule has 5 rings (SSSR count). The second kappa shape index (κ2) is 14.3. The average Bonchev–Trinajstić information content (AvgIpc) is 3.41. The quantitative estimate of drug-likeness (QED) is 0.140. The predicted octanol–water partition coefficient (Wildman–Crippen LogP) is 64.2. The van der Waals surface area contributed by atoms with Gasteiger partial charge in [-0.2, -0.15) is 0 Å². The van der Waals surface area contributed by atoms with Crippen molar-refractivity contribution in [2.75, 3.05) is 5.75 Å². The van der Waals surface area contributed by atoms with Gasteiger partial charge in [-0.25, -0.2) is 4.98 Å². The number of aliphatic carboxylic acids is 1. The maximum atomic E-state index is 12.3. The van der Waals surface area contributed by atoms with E-state index in [4.69, 9.17) is 16.6 Å². The number of benzene rings is 3. The van der Waals surface area contributed by atoms with Gasteiger partial charge >= 0.3 is 5.97 Å². The topological polar surface area (TPSA) is 70.4 Å². The number of carboxylic acid groups (broad SMARTS) is 1. The van der Waals surface area contributed by atoms with E-state index in [1.165, 1.54) is 22.3 Å². The summed E-state index contributed by atoms with van der Waals surface area (Å²) >= 11 is 8.48. The zero-order valence-electron chi connectivity index (χ0n) is 33.3. The lowest BCUT2D eigenvalue weighted by Gasteiger charge is -2.37. The summed E-state index contributed by atoms with van der Waals surface area (Å²) in [6.45, 7) is 26.0. The van der Waals surface area contributed by atoms with Crippen LogP contribution in [-0.4, -0.2) is 26.9 Å². The Labute approximate surface area is 633 Å².